The lowest BCUT2D eigenvalue weighted by Gasteiger charge is -2.14. The van der Waals surface area contributed by atoms with E-state index < -0.39 is 16.7 Å². The Morgan fingerprint density at radius 2 is 1.93 bits per heavy atom. The van der Waals surface area contributed by atoms with Crippen LogP contribution in [0.5, 0.6) is 5.75 Å². The first kappa shape index (κ1) is 20.9. The van der Waals surface area contributed by atoms with E-state index in [1.165, 1.54) is 12.3 Å². The highest BCUT2D eigenvalue weighted by molar-refractivity contribution is 7.86. The largest absolute Gasteiger partial charge is 0.431 e. The molecule has 2 fully saturated rings. The first-order chi connectivity index (χ1) is 14.1. The molecule has 0 spiro atoms. The van der Waals surface area contributed by atoms with E-state index in [-0.39, 0.29) is 23.6 Å². The SMILES string of the molecule is CCc1nc(-c2cnc(N)c(OC(F)F)c2)cc(C2C3CC(OS(C)(=O)=O)CC32)n1. The van der Waals surface area contributed by atoms with E-state index in [9.17, 15) is 17.2 Å². The fraction of sp³-hybridized carbons (Fsp3) is 0.526. The normalized spacial score (nSPS) is 25.4. The Bertz CT molecular complexity index is 1050. The van der Waals surface area contributed by atoms with Crippen molar-refractivity contribution in [3.63, 3.8) is 0 Å². The smallest absolute Gasteiger partial charge is 0.387 e. The summed E-state index contributed by atoms with van der Waals surface area (Å²) in [5.41, 5.74) is 7.54. The minimum Gasteiger partial charge on any atom is -0.431 e. The number of aromatic nitrogens is 3. The number of pyridine rings is 1. The highest BCUT2D eigenvalue weighted by Gasteiger charge is 2.58. The number of anilines is 1. The van der Waals surface area contributed by atoms with Crippen molar-refractivity contribution in [2.75, 3.05) is 12.0 Å². The van der Waals surface area contributed by atoms with Crippen LogP contribution in [0.3, 0.4) is 0 Å². The summed E-state index contributed by atoms with van der Waals surface area (Å²) in [5.74, 6) is 1.12. The zero-order chi connectivity index (χ0) is 21.6. The minimum absolute atomic E-state index is 0.127. The Morgan fingerprint density at radius 3 is 2.53 bits per heavy atom. The Morgan fingerprint density at radius 1 is 1.23 bits per heavy atom. The molecule has 2 saturated carbocycles. The summed E-state index contributed by atoms with van der Waals surface area (Å²) < 4.78 is 57.5. The van der Waals surface area contributed by atoms with E-state index in [4.69, 9.17) is 9.92 Å². The molecule has 30 heavy (non-hydrogen) atoms. The van der Waals surface area contributed by atoms with Gasteiger partial charge in [0, 0.05) is 29.8 Å². The van der Waals surface area contributed by atoms with Gasteiger partial charge in [-0.15, -0.1) is 0 Å². The van der Waals surface area contributed by atoms with Crippen LogP contribution >= 0.6 is 0 Å². The second-order valence-electron chi connectivity index (χ2n) is 7.68. The van der Waals surface area contributed by atoms with E-state index in [2.05, 4.69) is 19.7 Å². The van der Waals surface area contributed by atoms with Crippen molar-refractivity contribution in [1.82, 2.24) is 15.0 Å². The molecule has 4 rings (SSSR count). The highest BCUT2D eigenvalue weighted by atomic mass is 32.2. The molecule has 0 radical (unpaired) electrons. The lowest BCUT2D eigenvalue weighted by Crippen LogP contribution is -2.17. The Balaban J connectivity index is 1.58. The molecule has 2 unspecified atom stereocenters. The third-order valence-electron chi connectivity index (χ3n) is 5.56. The van der Waals surface area contributed by atoms with E-state index in [1.54, 1.807) is 0 Å². The maximum atomic E-state index is 12.6. The Hall–Kier alpha value is -2.40. The van der Waals surface area contributed by atoms with Crippen LogP contribution in [0.4, 0.5) is 14.6 Å². The number of rotatable bonds is 7. The van der Waals surface area contributed by atoms with Gasteiger partial charge >= 0.3 is 6.61 Å². The van der Waals surface area contributed by atoms with Crippen LogP contribution in [0.1, 0.15) is 37.2 Å². The number of hydrogen-bond acceptors (Lipinski definition) is 8. The van der Waals surface area contributed by atoms with Gasteiger partial charge in [0.2, 0.25) is 0 Å². The van der Waals surface area contributed by atoms with Gasteiger partial charge in [0.05, 0.1) is 18.1 Å². The number of hydrogen-bond donors (Lipinski definition) is 1. The van der Waals surface area contributed by atoms with Crippen molar-refractivity contribution < 1.29 is 26.1 Å². The second kappa shape index (κ2) is 7.69. The van der Waals surface area contributed by atoms with Crippen LogP contribution < -0.4 is 10.5 Å². The molecule has 2 heterocycles. The number of ether oxygens (including phenoxy) is 1. The van der Waals surface area contributed by atoms with E-state index in [0.717, 1.165) is 11.9 Å². The van der Waals surface area contributed by atoms with Crippen LogP contribution in [0.25, 0.3) is 11.3 Å². The summed E-state index contributed by atoms with van der Waals surface area (Å²) in [5, 5.41) is 0. The summed E-state index contributed by atoms with van der Waals surface area (Å²) in [6.07, 6.45) is 4.17. The first-order valence-corrected chi connectivity index (χ1v) is 11.4. The van der Waals surface area contributed by atoms with Gasteiger partial charge in [0.1, 0.15) is 5.82 Å². The van der Waals surface area contributed by atoms with Crippen LogP contribution in [0.15, 0.2) is 18.3 Å². The summed E-state index contributed by atoms with van der Waals surface area (Å²) in [6, 6.07) is 3.22. The average Bonchev–Trinajstić information content (AvgIpc) is 3.17. The van der Waals surface area contributed by atoms with Crippen LogP contribution in [-0.2, 0) is 20.7 Å². The molecule has 0 saturated heterocycles. The van der Waals surface area contributed by atoms with E-state index >= 15 is 0 Å². The molecular formula is C19H22F2N4O4S. The molecule has 0 aliphatic heterocycles. The van der Waals surface area contributed by atoms with Gasteiger partial charge in [0.25, 0.3) is 10.1 Å². The zero-order valence-electron chi connectivity index (χ0n) is 16.5. The van der Waals surface area contributed by atoms with Gasteiger partial charge in [-0.3, -0.25) is 4.18 Å². The summed E-state index contributed by atoms with van der Waals surface area (Å²) in [7, 11) is -3.47. The number of nitrogen functional groups attached to an aromatic ring is 1. The molecule has 2 N–H and O–H groups in total. The lowest BCUT2D eigenvalue weighted by atomic mass is 10.0. The van der Waals surface area contributed by atoms with Crippen molar-refractivity contribution in [3.8, 4) is 17.0 Å². The van der Waals surface area contributed by atoms with Crippen molar-refractivity contribution in [2.45, 2.75) is 44.8 Å². The highest BCUT2D eigenvalue weighted by Crippen LogP contribution is 2.63. The molecule has 0 bridgehead atoms. The average molecular weight is 440 g/mol. The van der Waals surface area contributed by atoms with Gasteiger partial charge in [-0.2, -0.15) is 17.2 Å². The molecule has 8 nitrogen and oxygen atoms in total. The summed E-state index contributed by atoms with van der Waals surface area (Å²) >= 11 is 0. The molecular weight excluding hydrogens is 418 g/mol. The van der Waals surface area contributed by atoms with Gasteiger partial charge in [-0.05, 0) is 36.8 Å². The van der Waals surface area contributed by atoms with E-state index in [0.29, 0.717) is 48.2 Å². The second-order valence-corrected chi connectivity index (χ2v) is 9.28. The minimum atomic E-state index is -3.47. The monoisotopic (exact) mass is 440 g/mol. The Labute approximate surface area is 173 Å². The van der Waals surface area contributed by atoms with Crippen molar-refractivity contribution in [3.05, 3.63) is 29.8 Å². The summed E-state index contributed by atoms with van der Waals surface area (Å²) in [4.78, 5) is 13.1. The van der Waals surface area contributed by atoms with E-state index in [1.807, 2.05) is 13.0 Å². The molecule has 162 valence electrons. The molecule has 0 amide bonds. The molecule has 2 atom stereocenters. The number of alkyl halides is 2. The zero-order valence-corrected chi connectivity index (χ0v) is 17.3. The molecule has 0 aromatic carbocycles. The third-order valence-corrected chi connectivity index (χ3v) is 6.18. The summed E-state index contributed by atoms with van der Waals surface area (Å²) in [6.45, 7) is -1.08. The van der Waals surface area contributed by atoms with Crippen molar-refractivity contribution in [2.24, 2.45) is 11.8 Å². The number of fused-ring (bicyclic) bond motifs is 1. The topological polar surface area (TPSA) is 117 Å². The van der Waals surface area contributed by atoms with Crippen LogP contribution in [-0.4, -0.2) is 42.3 Å². The fourth-order valence-electron chi connectivity index (χ4n) is 4.34. The standard InChI is InChI=1S/C19H22F2N4O4S/c1-3-16-24-13(9-4-15(28-19(20)21)18(22)23-8-9)7-14(25-16)17-11-5-10(6-12(11)17)29-30(2,26)27/h4,7-8,10-12,17,19H,3,5-6H2,1-2H3,(H2,22,23). The number of nitrogens with zero attached hydrogens (tertiary/aromatic N) is 3. The van der Waals surface area contributed by atoms with Crippen molar-refractivity contribution >= 4 is 15.9 Å². The molecule has 11 heteroatoms. The first-order valence-electron chi connectivity index (χ1n) is 9.61. The van der Waals surface area contributed by atoms with Gasteiger partial charge in [0.15, 0.2) is 11.6 Å². The van der Waals surface area contributed by atoms with Gasteiger partial charge in [-0.1, -0.05) is 6.92 Å². The molecule has 2 aliphatic rings. The quantitative estimate of drug-likeness (QED) is 0.653. The maximum Gasteiger partial charge on any atom is 0.387 e. The lowest BCUT2D eigenvalue weighted by molar-refractivity contribution is -0.0494. The van der Waals surface area contributed by atoms with Gasteiger partial charge < -0.3 is 10.5 Å². The maximum absolute atomic E-state index is 12.6. The molecule has 2 aromatic heterocycles. The van der Waals surface area contributed by atoms with Crippen LogP contribution in [0.2, 0.25) is 0 Å². The fourth-order valence-corrected chi connectivity index (χ4v) is 4.99. The number of nitrogens with two attached hydrogens (primary N) is 1. The number of halogens is 2. The predicted molar refractivity (Wildman–Crippen MR) is 104 cm³/mol. The van der Waals surface area contributed by atoms with Crippen LogP contribution in [0, 0.1) is 11.8 Å². The molecule has 2 aliphatic carbocycles. The van der Waals surface area contributed by atoms with Gasteiger partial charge in [-0.25, -0.2) is 15.0 Å². The molecule has 2 aromatic rings. The predicted octanol–water partition coefficient (Wildman–Crippen LogP) is 2.75. The third kappa shape index (κ3) is 4.36. The van der Waals surface area contributed by atoms with Crippen molar-refractivity contribution in [1.29, 1.82) is 0 Å². The number of aryl methyl sites for hydroxylation is 1. The Kier molecular flexibility index (Phi) is 5.35.